The van der Waals surface area contributed by atoms with E-state index in [1.54, 1.807) is 23.8 Å². The van der Waals surface area contributed by atoms with E-state index in [0.29, 0.717) is 6.54 Å². The first-order valence-electron chi connectivity index (χ1n) is 7.02. The Morgan fingerprint density at radius 1 is 1.23 bits per heavy atom. The molecule has 4 aromatic rings. The predicted octanol–water partition coefficient (Wildman–Crippen LogP) is 3.22. The van der Waals surface area contributed by atoms with Gasteiger partial charge in [-0.1, -0.05) is 6.07 Å². The summed E-state index contributed by atoms with van der Waals surface area (Å²) < 4.78 is 7.66. The molecule has 110 valence electrons. The lowest BCUT2D eigenvalue weighted by atomic mass is 10.2. The summed E-state index contributed by atoms with van der Waals surface area (Å²) in [5, 5.41) is 2.08. The van der Waals surface area contributed by atoms with Crippen molar-refractivity contribution in [1.29, 1.82) is 0 Å². The first kappa shape index (κ1) is 13.2. The largest absolute Gasteiger partial charge is 0.463 e. The van der Waals surface area contributed by atoms with Gasteiger partial charge in [0.2, 0.25) is 0 Å². The number of hydrogen-bond acceptors (Lipinski definition) is 5. The van der Waals surface area contributed by atoms with Crippen molar-refractivity contribution in [3.8, 4) is 22.8 Å². The van der Waals surface area contributed by atoms with Crippen LogP contribution in [0, 0.1) is 0 Å². The summed E-state index contributed by atoms with van der Waals surface area (Å²) in [7, 11) is 0. The zero-order valence-corrected chi connectivity index (χ0v) is 12.6. The minimum Gasteiger partial charge on any atom is -0.463 e. The minimum absolute atomic E-state index is 0.555. The van der Waals surface area contributed by atoms with Gasteiger partial charge in [-0.05, 0) is 30.8 Å². The summed E-state index contributed by atoms with van der Waals surface area (Å²) in [4.78, 5) is 10.1. The molecule has 0 aliphatic rings. The van der Waals surface area contributed by atoms with Gasteiger partial charge in [-0.3, -0.25) is 9.38 Å². The summed E-state index contributed by atoms with van der Waals surface area (Å²) in [6, 6.07) is 9.69. The van der Waals surface area contributed by atoms with E-state index < -0.39 is 0 Å². The van der Waals surface area contributed by atoms with Crippen LogP contribution in [0.1, 0.15) is 5.69 Å². The van der Waals surface area contributed by atoms with Crippen LogP contribution in [0.25, 0.3) is 27.8 Å². The van der Waals surface area contributed by atoms with Crippen LogP contribution >= 0.6 is 11.3 Å². The van der Waals surface area contributed by atoms with E-state index in [1.165, 1.54) is 0 Å². The SMILES string of the molecule is NCCc1c(-c2ccco2)nc2scc(-c3ccccn3)n12. The molecule has 0 atom stereocenters. The molecule has 2 N–H and O–H groups in total. The highest BCUT2D eigenvalue weighted by Crippen LogP contribution is 2.32. The van der Waals surface area contributed by atoms with Crippen molar-refractivity contribution in [2.24, 2.45) is 5.73 Å². The molecule has 22 heavy (non-hydrogen) atoms. The van der Waals surface area contributed by atoms with Crippen molar-refractivity contribution in [2.45, 2.75) is 6.42 Å². The van der Waals surface area contributed by atoms with E-state index in [1.807, 2.05) is 30.3 Å². The topological polar surface area (TPSA) is 69.3 Å². The molecule has 0 saturated carbocycles. The van der Waals surface area contributed by atoms with Crippen LogP contribution < -0.4 is 5.73 Å². The summed E-state index contributed by atoms with van der Waals surface area (Å²) in [5.41, 5.74) is 9.69. The molecule has 6 heteroatoms. The number of hydrogen-bond donors (Lipinski definition) is 1. The number of rotatable bonds is 4. The second-order valence-electron chi connectivity index (χ2n) is 4.88. The van der Waals surface area contributed by atoms with Gasteiger partial charge in [0.15, 0.2) is 10.7 Å². The smallest absolute Gasteiger partial charge is 0.195 e. The Labute approximate surface area is 131 Å². The zero-order chi connectivity index (χ0) is 14.9. The quantitative estimate of drug-likeness (QED) is 0.628. The molecule has 0 aliphatic carbocycles. The molecule has 0 bridgehead atoms. The Morgan fingerprint density at radius 3 is 2.91 bits per heavy atom. The summed E-state index contributed by atoms with van der Waals surface area (Å²) >= 11 is 1.60. The van der Waals surface area contributed by atoms with Gasteiger partial charge in [0, 0.05) is 18.0 Å². The number of imidazole rings is 1. The van der Waals surface area contributed by atoms with Crippen molar-refractivity contribution < 1.29 is 4.42 Å². The third-order valence-electron chi connectivity index (χ3n) is 3.52. The third-order valence-corrected chi connectivity index (χ3v) is 4.35. The average Bonchev–Trinajstić information content (AvgIpc) is 3.25. The highest BCUT2D eigenvalue weighted by atomic mass is 32.1. The third kappa shape index (κ3) is 2.04. The van der Waals surface area contributed by atoms with Crippen molar-refractivity contribution in [1.82, 2.24) is 14.4 Å². The van der Waals surface area contributed by atoms with E-state index in [4.69, 9.17) is 15.1 Å². The number of pyridine rings is 1. The molecule has 4 aromatic heterocycles. The molecule has 0 radical (unpaired) electrons. The molecule has 0 aliphatic heterocycles. The average molecular weight is 310 g/mol. The first-order chi connectivity index (χ1) is 10.9. The van der Waals surface area contributed by atoms with E-state index in [2.05, 4.69) is 14.8 Å². The Bertz CT molecular complexity index is 893. The number of fused-ring (bicyclic) bond motifs is 1. The molecule has 4 heterocycles. The lowest BCUT2D eigenvalue weighted by Crippen LogP contribution is -2.06. The van der Waals surface area contributed by atoms with Crippen LogP contribution in [0.4, 0.5) is 0 Å². The molecule has 0 spiro atoms. The lowest BCUT2D eigenvalue weighted by Gasteiger charge is -2.04. The highest BCUT2D eigenvalue weighted by Gasteiger charge is 2.20. The van der Waals surface area contributed by atoms with Gasteiger partial charge in [0.05, 0.1) is 23.3 Å². The lowest BCUT2D eigenvalue weighted by molar-refractivity contribution is 0.579. The number of thiazole rings is 1. The van der Waals surface area contributed by atoms with Crippen molar-refractivity contribution in [2.75, 3.05) is 6.54 Å². The van der Waals surface area contributed by atoms with Gasteiger partial charge in [-0.15, -0.1) is 11.3 Å². The number of nitrogens with zero attached hydrogens (tertiary/aromatic N) is 3. The maximum Gasteiger partial charge on any atom is 0.195 e. The number of furan rings is 1. The summed E-state index contributed by atoms with van der Waals surface area (Å²) in [5.74, 6) is 0.770. The van der Waals surface area contributed by atoms with Crippen LogP contribution in [-0.4, -0.2) is 20.9 Å². The normalized spacial score (nSPS) is 11.3. The monoisotopic (exact) mass is 310 g/mol. The Morgan fingerprint density at radius 2 is 2.18 bits per heavy atom. The molecule has 0 aromatic carbocycles. The van der Waals surface area contributed by atoms with Gasteiger partial charge in [-0.25, -0.2) is 4.98 Å². The number of nitrogens with two attached hydrogens (primary N) is 1. The van der Waals surface area contributed by atoms with Crippen LogP contribution in [0.3, 0.4) is 0 Å². The fourth-order valence-electron chi connectivity index (χ4n) is 2.59. The van der Waals surface area contributed by atoms with Crippen LogP contribution in [0.15, 0.2) is 52.6 Å². The fourth-order valence-corrected chi connectivity index (χ4v) is 3.49. The van der Waals surface area contributed by atoms with Gasteiger partial charge in [0.25, 0.3) is 0 Å². The number of aromatic nitrogens is 3. The van der Waals surface area contributed by atoms with E-state index in [-0.39, 0.29) is 0 Å². The summed E-state index contributed by atoms with van der Waals surface area (Å²) in [6.07, 6.45) is 4.19. The standard InChI is InChI=1S/C16H14N4OS/c17-7-6-12-15(14-5-3-9-21-14)19-16-20(12)13(10-22-16)11-4-1-2-8-18-11/h1-5,8-10H,6-7,17H2. The molecule has 0 fully saturated rings. The van der Waals surface area contributed by atoms with Gasteiger partial charge >= 0.3 is 0 Å². The van der Waals surface area contributed by atoms with E-state index >= 15 is 0 Å². The van der Waals surface area contributed by atoms with E-state index in [9.17, 15) is 0 Å². The molecule has 0 saturated heterocycles. The van der Waals surface area contributed by atoms with Gasteiger partial charge in [-0.2, -0.15) is 0 Å². The Kier molecular flexibility index (Phi) is 3.25. The van der Waals surface area contributed by atoms with Gasteiger partial charge in [0.1, 0.15) is 5.69 Å². The summed E-state index contributed by atoms with van der Waals surface area (Å²) in [6.45, 7) is 0.555. The van der Waals surface area contributed by atoms with Crippen LogP contribution in [0.2, 0.25) is 0 Å². The Balaban J connectivity index is 1.97. The van der Waals surface area contributed by atoms with Crippen molar-refractivity contribution >= 4 is 16.3 Å². The predicted molar refractivity (Wildman–Crippen MR) is 86.8 cm³/mol. The second-order valence-corrected chi connectivity index (χ2v) is 5.71. The highest BCUT2D eigenvalue weighted by molar-refractivity contribution is 7.15. The van der Waals surface area contributed by atoms with Crippen molar-refractivity contribution in [3.05, 3.63) is 53.9 Å². The van der Waals surface area contributed by atoms with Crippen molar-refractivity contribution in [3.63, 3.8) is 0 Å². The first-order valence-corrected chi connectivity index (χ1v) is 7.90. The minimum atomic E-state index is 0.555. The molecular formula is C16H14N4OS. The van der Waals surface area contributed by atoms with Crippen LogP contribution in [-0.2, 0) is 6.42 Å². The molecular weight excluding hydrogens is 296 g/mol. The maximum atomic E-state index is 5.81. The molecule has 0 amide bonds. The molecule has 0 unspecified atom stereocenters. The second kappa shape index (κ2) is 5.40. The molecule has 4 rings (SSSR count). The maximum absolute atomic E-state index is 5.81. The Hall–Kier alpha value is -2.44. The van der Waals surface area contributed by atoms with Crippen LogP contribution in [0.5, 0.6) is 0 Å². The van der Waals surface area contributed by atoms with E-state index in [0.717, 1.165) is 39.9 Å². The van der Waals surface area contributed by atoms with Gasteiger partial charge < -0.3 is 10.2 Å². The molecule has 5 nitrogen and oxygen atoms in total. The fraction of sp³-hybridized carbons (Fsp3) is 0.125. The zero-order valence-electron chi connectivity index (χ0n) is 11.8.